The van der Waals surface area contributed by atoms with Gasteiger partial charge in [-0.15, -0.1) is 0 Å². The van der Waals surface area contributed by atoms with E-state index in [4.69, 9.17) is 4.74 Å². The molecular formula is C14H18F2O. The summed E-state index contributed by atoms with van der Waals surface area (Å²) >= 11 is 0. The molecule has 0 aliphatic heterocycles. The topological polar surface area (TPSA) is 9.23 Å². The molecule has 0 radical (unpaired) electrons. The molecule has 0 N–H and O–H groups in total. The van der Waals surface area contributed by atoms with Crippen molar-refractivity contribution in [3.8, 4) is 5.75 Å². The highest BCUT2D eigenvalue weighted by Gasteiger charge is 2.39. The van der Waals surface area contributed by atoms with E-state index in [1.54, 1.807) is 0 Å². The molecule has 1 aliphatic carbocycles. The van der Waals surface area contributed by atoms with Crippen LogP contribution in [0.4, 0.5) is 8.78 Å². The van der Waals surface area contributed by atoms with Crippen LogP contribution < -0.4 is 4.74 Å². The molecule has 1 unspecified atom stereocenters. The molecule has 3 heteroatoms. The molecule has 0 spiro atoms. The molecule has 1 saturated carbocycles. The minimum absolute atomic E-state index is 0.00776. The summed E-state index contributed by atoms with van der Waals surface area (Å²) in [6, 6.07) is 5.97. The summed E-state index contributed by atoms with van der Waals surface area (Å²) in [6.45, 7) is 4.37. The molecule has 1 fully saturated rings. The van der Waals surface area contributed by atoms with E-state index < -0.39 is 5.92 Å². The predicted molar refractivity (Wildman–Crippen MR) is 63.7 cm³/mol. The Bertz CT molecular complexity index is 401. The smallest absolute Gasteiger partial charge is 0.248 e. The monoisotopic (exact) mass is 240 g/mol. The minimum Gasteiger partial charge on any atom is -0.493 e. The van der Waals surface area contributed by atoms with E-state index in [1.165, 1.54) is 0 Å². The molecule has 2 rings (SSSR count). The summed E-state index contributed by atoms with van der Waals surface area (Å²) in [5.41, 5.74) is 2.18. The number of benzene rings is 1. The summed E-state index contributed by atoms with van der Waals surface area (Å²) in [4.78, 5) is 0. The molecule has 0 heterocycles. The third kappa shape index (κ3) is 3.18. The summed E-state index contributed by atoms with van der Waals surface area (Å²) in [6.07, 6.45) is 0.545. The van der Waals surface area contributed by atoms with Crippen molar-refractivity contribution in [3.63, 3.8) is 0 Å². The highest BCUT2D eigenvalue weighted by atomic mass is 19.3. The SMILES string of the molecule is Cc1ccc(C)c(OCC2CCC(F)(F)C2)c1. The number of hydrogen-bond acceptors (Lipinski definition) is 1. The second-order valence-electron chi connectivity index (χ2n) is 5.04. The van der Waals surface area contributed by atoms with E-state index in [0.29, 0.717) is 13.0 Å². The molecule has 1 aliphatic rings. The molecule has 1 atom stereocenters. The van der Waals surface area contributed by atoms with E-state index in [-0.39, 0.29) is 18.8 Å². The van der Waals surface area contributed by atoms with Crippen LogP contribution in [-0.2, 0) is 0 Å². The van der Waals surface area contributed by atoms with Gasteiger partial charge < -0.3 is 4.74 Å². The fraction of sp³-hybridized carbons (Fsp3) is 0.571. The van der Waals surface area contributed by atoms with Crippen LogP contribution in [0, 0.1) is 19.8 Å². The summed E-state index contributed by atoms with van der Waals surface area (Å²) in [7, 11) is 0. The number of ether oxygens (including phenoxy) is 1. The Balaban J connectivity index is 1.92. The Morgan fingerprint density at radius 2 is 2.12 bits per heavy atom. The van der Waals surface area contributed by atoms with Gasteiger partial charge in [-0.05, 0) is 43.4 Å². The quantitative estimate of drug-likeness (QED) is 0.772. The first-order valence-electron chi connectivity index (χ1n) is 6.04. The van der Waals surface area contributed by atoms with Crippen LogP contribution in [0.5, 0.6) is 5.75 Å². The second kappa shape index (κ2) is 4.63. The van der Waals surface area contributed by atoms with Crippen molar-refractivity contribution in [2.45, 2.75) is 39.0 Å². The summed E-state index contributed by atoms with van der Waals surface area (Å²) in [5, 5.41) is 0. The zero-order valence-corrected chi connectivity index (χ0v) is 10.3. The lowest BCUT2D eigenvalue weighted by Gasteiger charge is -2.14. The number of halogens is 2. The molecular weight excluding hydrogens is 222 g/mol. The summed E-state index contributed by atoms with van der Waals surface area (Å²) in [5.74, 6) is -1.67. The Morgan fingerprint density at radius 3 is 2.76 bits per heavy atom. The van der Waals surface area contributed by atoms with Crippen LogP contribution in [0.25, 0.3) is 0 Å². The van der Waals surface area contributed by atoms with Gasteiger partial charge in [0.1, 0.15) is 5.75 Å². The lowest BCUT2D eigenvalue weighted by Crippen LogP contribution is -2.14. The zero-order chi connectivity index (χ0) is 12.5. The van der Waals surface area contributed by atoms with Gasteiger partial charge in [0.2, 0.25) is 5.92 Å². The maximum Gasteiger partial charge on any atom is 0.248 e. The number of alkyl halides is 2. The Kier molecular flexibility index (Phi) is 3.36. The molecule has 17 heavy (non-hydrogen) atoms. The molecule has 0 bridgehead atoms. The second-order valence-corrected chi connectivity index (χ2v) is 5.04. The predicted octanol–water partition coefficient (Wildman–Crippen LogP) is 4.12. The molecule has 0 saturated heterocycles. The van der Waals surface area contributed by atoms with E-state index in [2.05, 4.69) is 0 Å². The van der Waals surface area contributed by atoms with E-state index in [0.717, 1.165) is 16.9 Å². The first-order valence-corrected chi connectivity index (χ1v) is 6.04. The van der Waals surface area contributed by atoms with Gasteiger partial charge in [-0.25, -0.2) is 8.78 Å². The lowest BCUT2D eigenvalue weighted by atomic mass is 10.1. The average Bonchev–Trinajstić information content (AvgIpc) is 2.60. The molecule has 1 aromatic rings. The van der Waals surface area contributed by atoms with Crippen molar-refractivity contribution in [1.82, 2.24) is 0 Å². The lowest BCUT2D eigenvalue weighted by molar-refractivity contribution is 0.00291. The van der Waals surface area contributed by atoms with Crippen LogP contribution in [0.15, 0.2) is 18.2 Å². The van der Waals surface area contributed by atoms with Crippen LogP contribution in [0.1, 0.15) is 30.4 Å². The van der Waals surface area contributed by atoms with Gasteiger partial charge in [0.05, 0.1) is 6.61 Å². The Morgan fingerprint density at radius 1 is 1.35 bits per heavy atom. The maximum absolute atomic E-state index is 13.0. The fourth-order valence-electron chi connectivity index (χ4n) is 2.25. The van der Waals surface area contributed by atoms with Crippen LogP contribution in [0.3, 0.4) is 0 Å². The zero-order valence-electron chi connectivity index (χ0n) is 10.3. The average molecular weight is 240 g/mol. The molecule has 0 amide bonds. The van der Waals surface area contributed by atoms with Gasteiger partial charge in [0.15, 0.2) is 0 Å². The first kappa shape index (κ1) is 12.3. The van der Waals surface area contributed by atoms with Gasteiger partial charge in [0.25, 0.3) is 0 Å². The molecule has 0 aromatic heterocycles. The van der Waals surface area contributed by atoms with Crippen LogP contribution in [0.2, 0.25) is 0 Å². The Hall–Kier alpha value is -1.12. The van der Waals surface area contributed by atoms with E-state index in [1.807, 2.05) is 32.0 Å². The normalized spacial score (nSPS) is 22.7. The van der Waals surface area contributed by atoms with Gasteiger partial charge >= 0.3 is 0 Å². The number of hydrogen-bond donors (Lipinski definition) is 0. The van der Waals surface area contributed by atoms with Crippen molar-refractivity contribution < 1.29 is 13.5 Å². The molecule has 1 nitrogen and oxygen atoms in total. The van der Waals surface area contributed by atoms with Crippen LogP contribution in [-0.4, -0.2) is 12.5 Å². The third-order valence-corrected chi connectivity index (χ3v) is 3.32. The van der Waals surface area contributed by atoms with Gasteiger partial charge in [0, 0.05) is 12.8 Å². The fourth-order valence-corrected chi connectivity index (χ4v) is 2.25. The number of aryl methyl sites for hydroxylation is 2. The van der Waals surface area contributed by atoms with Crippen molar-refractivity contribution >= 4 is 0 Å². The molecule has 94 valence electrons. The Labute approximate surface area is 101 Å². The van der Waals surface area contributed by atoms with Crippen molar-refractivity contribution in [3.05, 3.63) is 29.3 Å². The minimum atomic E-state index is -2.48. The first-order chi connectivity index (χ1) is 7.96. The third-order valence-electron chi connectivity index (χ3n) is 3.32. The van der Waals surface area contributed by atoms with Crippen molar-refractivity contribution in [2.24, 2.45) is 5.92 Å². The highest BCUT2D eigenvalue weighted by molar-refractivity contribution is 5.35. The van der Waals surface area contributed by atoms with Gasteiger partial charge in [-0.2, -0.15) is 0 Å². The van der Waals surface area contributed by atoms with E-state index >= 15 is 0 Å². The highest BCUT2D eigenvalue weighted by Crippen LogP contribution is 2.39. The maximum atomic E-state index is 13.0. The van der Waals surface area contributed by atoms with Gasteiger partial charge in [-0.3, -0.25) is 0 Å². The standard InChI is InChI=1S/C14H18F2O/c1-10-3-4-11(2)13(7-10)17-9-12-5-6-14(15,16)8-12/h3-4,7,12H,5-6,8-9H2,1-2H3. The summed E-state index contributed by atoms with van der Waals surface area (Å²) < 4.78 is 31.7. The van der Waals surface area contributed by atoms with Gasteiger partial charge in [-0.1, -0.05) is 12.1 Å². The van der Waals surface area contributed by atoms with Crippen molar-refractivity contribution in [1.29, 1.82) is 0 Å². The number of rotatable bonds is 3. The van der Waals surface area contributed by atoms with Crippen molar-refractivity contribution in [2.75, 3.05) is 6.61 Å². The molecule has 1 aromatic carbocycles. The van der Waals surface area contributed by atoms with Crippen LogP contribution >= 0.6 is 0 Å². The van der Waals surface area contributed by atoms with E-state index in [9.17, 15) is 8.78 Å². The largest absolute Gasteiger partial charge is 0.493 e.